The first-order chi connectivity index (χ1) is 9.81. The van der Waals surface area contributed by atoms with Crippen molar-refractivity contribution in [3.05, 3.63) is 12.7 Å². The average Bonchev–Trinajstić information content (AvgIpc) is 2.71. The lowest BCUT2D eigenvalue weighted by atomic mass is 9.97. The largest absolute Gasteiger partial charge is 0.348 e. The Morgan fingerprint density at radius 1 is 1.05 bits per heavy atom. The molecule has 21 heavy (non-hydrogen) atoms. The summed E-state index contributed by atoms with van der Waals surface area (Å²) in [5.74, 6) is -1.34. The fourth-order valence-electron chi connectivity index (χ4n) is 3.04. The first-order valence-electron chi connectivity index (χ1n) is 7.37. The monoisotopic (exact) mass is 300 g/mol. The van der Waals surface area contributed by atoms with Crippen LogP contribution in [0.1, 0.15) is 27.7 Å². The summed E-state index contributed by atoms with van der Waals surface area (Å²) in [5.41, 5.74) is 0. The van der Waals surface area contributed by atoms with Gasteiger partial charge in [0, 0.05) is 0 Å². The SMILES string of the molecule is C=CCO[C@@H]1O[C@@H]2COC(C)(C)O[C@H]2[C@@H]2OC(C)(C)O[C@H]12. The molecule has 0 aromatic carbocycles. The molecule has 0 aliphatic carbocycles. The lowest BCUT2D eigenvalue weighted by Crippen LogP contribution is -2.63. The van der Waals surface area contributed by atoms with E-state index in [1.807, 2.05) is 27.7 Å². The number of hydrogen-bond donors (Lipinski definition) is 0. The summed E-state index contributed by atoms with van der Waals surface area (Å²) in [7, 11) is 0. The number of hydrogen-bond acceptors (Lipinski definition) is 6. The minimum atomic E-state index is -0.685. The van der Waals surface area contributed by atoms with Crippen molar-refractivity contribution < 1.29 is 28.4 Å². The quantitative estimate of drug-likeness (QED) is 0.738. The summed E-state index contributed by atoms with van der Waals surface area (Å²) < 4.78 is 35.3. The Kier molecular flexibility index (Phi) is 3.88. The van der Waals surface area contributed by atoms with E-state index in [0.717, 1.165) is 0 Å². The molecule has 0 aromatic heterocycles. The molecule has 0 bridgehead atoms. The van der Waals surface area contributed by atoms with Crippen LogP contribution in [0.2, 0.25) is 0 Å². The van der Waals surface area contributed by atoms with Crippen LogP contribution in [0.3, 0.4) is 0 Å². The Balaban J connectivity index is 1.81. The van der Waals surface area contributed by atoms with Gasteiger partial charge in [0.05, 0.1) is 13.2 Å². The highest BCUT2D eigenvalue weighted by Gasteiger charge is 2.58. The molecule has 3 heterocycles. The zero-order chi connectivity index (χ0) is 15.3. The fraction of sp³-hybridized carbons (Fsp3) is 0.867. The highest BCUT2D eigenvalue weighted by molar-refractivity contribution is 4.99. The van der Waals surface area contributed by atoms with E-state index in [2.05, 4.69) is 6.58 Å². The van der Waals surface area contributed by atoms with Crippen LogP contribution in [0, 0.1) is 0 Å². The van der Waals surface area contributed by atoms with Gasteiger partial charge in [-0.2, -0.15) is 0 Å². The maximum atomic E-state index is 6.04. The average molecular weight is 300 g/mol. The molecule has 6 heteroatoms. The molecule has 0 unspecified atom stereocenters. The molecular weight excluding hydrogens is 276 g/mol. The number of ether oxygens (including phenoxy) is 6. The third kappa shape index (κ3) is 3.02. The maximum Gasteiger partial charge on any atom is 0.187 e. The molecular formula is C15H24O6. The summed E-state index contributed by atoms with van der Waals surface area (Å²) >= 11 is 0. The molecule has 5 atom stereocenters. The standard InChI is InChI=1S/C15H24O6/c1-6-7-16-13-12-11(20-15(4,5)21-12)10-9(18-13)8-17-14(2,3)19-10/h6,9-13H,1,7-8H2,2-5H3/t9-,10-,11+,12+,13-/m1/s1. The highest BCUT2D eigenvalue weighted by Crippen LogP contribution is 2.42. The zero-order valence-corrected chi connectivity index (χ0v) is 13.0. The van der Waals surface area contributed by atoms with Gasteiger partial charge >= 0.3 is 0 Å². The summed E-state index contributed by atoms with van der Waals surface area (Å²) in [4.78, 5) is 0. The van der Waals surface area contributed by atoms with Gasteiger partial charge in [0.2, 0.25) is 0 Å². The van der Waals surface area contributed by atoms with Crippen molar-refractivity contribution in [2.24, 2.45) is 0 Å². The second kappa shape index (κ2) is 5.30. The summed E-state index contributed by atoms with van der Waals surface area (Å²) in [6, 6.07) is 0. The van der Waals surface area contributed by atoms with Gasteiger partial charge in [0.15, 0.2) is 17.9 Å². The lowest BCUT2D eigenvalue weighted by molar-refractivity contribution is -0.369. The van der Waals surface area contributed by atoms with Crippen LogP contribution < -0.4 is 0 Å². The van der Waals surface area contributed by atoms with Crippen LogP contribution in [0.25, 0.3) is 0 Å². The highest BCUT2D eigenvalue weighted by atomic mass is 16.8. The van der Waals surface area contributed by atoms with Gasteiger partial charge in [-0.05, 0) is 27.7 Å². The smallest absolute Gasteiger partial charge is 0.187 e. The molecule has 0 amide bonds. The Hall–Kier alpha value is -0.500. The Morgan fingerprint density at radius 2 is 1.71 bits per heavy atom. The van der Waals surface area contributed by atoms with Crippen LogP contribution in [-0.4, -0.2) is 55.5 Å². The van der Waals surface area contributed by atoms with Gasteiger partial charge in [-0.1, -0.05) is 6.08 Å². The van der Waals surface area contributed by atoms with Crippen molar-refractivity contribution in [1.29, 1.82) is 0 Å². The molecule has 0 N–H and O–H groups in total. The zero-order valence-electron chi connectivity index (χ0n) is 13.0. The predicted octanol–water partition coefficient (Wildman–Crippen LogP) is 1.59. The molecule has 0 aromatic rings. The molecule has 0 saturated carbocycles. The Labute approximate surface area is 125 Å². The summed E-state index contributed by atoms with van der Waals surface area (Å²) in [5, 5.41) is 0. The van der Waals surface area contributed by atoms with E-state index in [0.29, 0.717) is 13.2 Å². The van der Waals surface area contributed by atoms with E-state index in [9.17, 15) is 0 Å². The van der Waals surface area contributed by atoms with Gasteiger partial charge in [-0.15, -0.1) is 6.58 Å². The fourth-order valence-corrected chi connectivity index (χ4v) is 3.04. The third-order valence-corrected chi connectivity index (χ3v) is 3.82. The van der Waals surface area contributed by atoms with Crippen molar-refractivity contribution in [3.63, 3.8) is 0 Å². The van der Waals surface area contributed by atoms with Gasteiger partial charge in [-0.25, -0.2) is 0 Å². The molecule has 6 nitrogen and oxygen atoms in total. The van der Waals surface area contributed by atoms with E-state index in [1.54, 1.807) is 6.08 Å². The van der Waals surface area contributed by atoms with Crippen molar-refractivity contribution in [1.82, 2.24) is 0 Å². The molecule has 3 rings (SSSR count). The lowest BCUT2D eigenvalue weighted by Gasteiger charge is -2.48. The summed E-state index contributed by atoms with van der Waals surface area (Å²) in [6.07, 6.45) is 0.148. The van der Waals surface area contributed by atoms with E-state index in [-0.39, 0.29) is 24.4 Å². The van der Waals surface area contributed by atoms with Crippen LogP contribution in [-0.2, 0) is 28.4 Å². The van der Waals surface area contributed by atoms with Gasteiger partial charge in [-0.3, -0.25) is 0 Å². The molecule has 120 valence electrons. The Bertz CT molecular complexity index is 407. The van der Waals surface area contributed by atoms with Crippen LogP contribution in [0.5, 0.6) is 0 Å². The first-order valence-corrected chi connectivity index (χ1v) is 7.37. The van der Waals surface area contributed by atoms with E-state index >= 15 is 0 Å². The minimum absolute atomic E-state index is 0.230. The van der Waals surface area contributed by atoms with E-state index in [1.165, 1.54) is 0 Å². The van der Waals surface area contributed by atoms with Crippen LogP contribution >= 0.6 is 0 Å². The van der Waals surface area contributed by atoms with Crippen molar-refractivity contribution >= 4 is 0 Å². The minimum Gasteiger partial charge on any atom is -0.348 e. The summed E-state index contributed by atoms with van der Waals surface area (Å²) in [6.45, 7) is 12.0. The molecule has 3 fully saturated rings. The normalized spacial score (nSPS) is 43.9. The third-order valence-electron chi connectivity index (χ3n) is 3.82. The van der Waals surface area contributed by atoms with Crippen LogP contribution in [0.15, 0.2) is 12.7 Å². The number of fused-ring (bicyclic) bond motifs is 3. The van der Waals surface area contributed by atoms with E-state index in [4.69, 9.17) is 28.4 Å². The van der Waals surface area contributed by atoms with Crippen molar-refractivity contribution in [3.8, 4) is 0 Å². The molecule has 3 aliphatic rings. The molecule has 3 saturated heterocycles. The Morgan fingerprint density at radius 3 is 2.43 bits per heavy atom. The topological polar surface area (TPSA) is 55.4 Å². The second-order valence-electron chi connectivity index (χ2n) is 6.52. The van der Waals surface area contributed by atoms with Crippen molar-refractivity contribution in [2.45, 2.75) is 70.0 Å². The van der Waals surface area contributed by atoms with Crippen LogP contribution in [0.4, 0.5) is 0 Å². The molecule has 0 radical (unpaired) electrons. The molecule has 0 spiro atoms. The van der Waals surface area contributed by atoms with Gasteiger partial charge < -0.3 is 28.4 Å². The van der Waals surface area contributed by atoms with Crippen molar-refractivity contribution in [2.75, 3.05) is 13.2 Å². The molecule has 3 aliphatic heterocycles. The second-order valence-corrected chi connectivity index (χ2v) is 6.52. The first kappa shape index (κ1) is 15.4. The van der Waals surface area contributed by atoms with Gasteiger partial charge in [0.25, 0.3) is 0 Å². The van der Waals surface area contributed by atoms with E-state index < -0.39 is 17.9 Å². The number of rotatable bonds is 3. The maximum absolute atomic E-state index is 6.04. The predicted molar refractivity (Wildman–Crippen MR) is 73.5 cm³/mol. The van der Waals surface area contributed by atoms with Gasteiger partial charge in [0.1, 0.15) is 24.4 Å².